The summed E-state index contributed by atoms with van der Waals surface area (Å²) in [4.78, 5) is 0. The van der Waals surface area contributed by atoms with E-state index in [0.717, 1.165) is 6.07 Å². The first-order chi connectivity index (χ1) is 8.62. The number of rotatable bonds is 4. The normalized spacial score (nSPS) is 15.4. The predicted octanol–water partition coefficient (Wildman–Crippen LogP) is 3.71. The zero-order chi connectivity index (χ0) is 14.8. The molecule has 2 nitrogen and oxygen atoms in total. The molecule has 0 saturated heterocycles. The summed E-state index contributed by atoms with van der Waals surface area (Å²) < 4.78 is 49.6. The Morgan fingerprint density at radius 3 is 2.37 bits per heavy atom. The minimum Gasteiger partial charge on any atom is -0.382 e. The van der Waals surface area contributed by atoms with Gasteiger partial charge in [-0.2, -0.15) is 13.2 Å². The van der Waals surface area contributed by atoms with Crippen LogP contribution in [0.4, 0.5) is 17.6 Å². The summed E-state index contributed by atoms with van der Waals surface area (Å²) in [5.74, 6) is -0.717. The zero-order valence-corrected chi connectivity index (χ0v) is 11.2. The van der Waals surface area contributed by atoms with Crippen LogP contribution in [-0.2, 0) is 0 Å². The number of aliphatic hydroxyl groups excluding tert-OH is 1. The molecule has 0 radical (unpaired) electrons. The molecule has 0 heterocycles. The lowest BCUT2D eigenvalue weighted by atomic mass is 10.1. The molecule has 108 valence electrons. The zero-order valence-electron chi connectivity index (χ0n) is 9.73. The molecule has 2 N–H and O–H groups in total. The van der Waals surface area contributed by atoms with Gasteiger partial charge in [0.05, 0.1) is 5.02 Å². The highest BCUT2D eigenvalue weighted by Gasteiger charge is 2.38. The third kappa shape index (κ3) is 4.49. The van der Waals surface area contributed by atoms with Crippen molar-refractivity contribution in [2.45, 2.75) is 25.2 Å². The van der Waals surface area contributed by atoms with Crippen molar-refractivity contribution >= 4 is 23.2 Å². The fraction of sp³-hybridized carbons (Fsp3) is 0.455. The number of hydrogen-bond acceptors (Lipinski definition) is 2. The van der Waals surface area contributed by atoms with E-state index in [4.69, 9.17) is 28.3 Å². The maximum Gasteiger partial charge on any atom is 0.415 e. The summed E-state index contributed by atoms with van der Waals surface area (Å²) in [7, 11) is 0. The Hall–Kier alpha value is -0.560. The lowest BCUT2D eigenvalue weighted by Gasteiger charge is -2.20. The van der Waals surface area contributed by atoms with E-state index in [2.05, 4.69) is 5.32 Å². The van der Waals surface area contributed by atoms with E-state index in [1.54, 1.807) is 0 Å². The van der Waals surface area contributed by atoms with E-state index in [1.807, 2.05) is 0 Å². The second-order valence-corrected chi connectivity index (χ2v) is 4.79. The fourth-order valence-electron chi connectivity index (χ4n) is 1.38. The van der Waals surface area contributed by atoms with Gasteiger partial charge in [0.25, 0.3) is 0 Å². The van der Waals surface area contributed by atoms with Crippen LogP contribution in [0.25, 0.3) is 0 Å². The van der Waals surface area contributed by atoms with Crippen LogP contribution in [0.3, 0.4) is 0 Å². The highest BCUT2D eigenvalue weighted by molar-refractivity contribution is 6.35. The minimum absolute atomic E-state index is 0.132. The van der Waals surface area contributed by atoms with Crippen molar-refractivity contribution < 1.29 is 22.7 Å². The highest BCUT2D eigenvalue weighted by atomic mass is 35.5. The second kappa shape index (κ2) is 6.26. The molecule has 8 heteroatoms. The predicted molar refractivity (Wildman–Crippen MR) is 64.9 cm³/mol. The van der Waals surface area contributed by atoms with Crippen LogP contribution in [0.5, 0.6) is 0 Å². The summed E-state index contributed by atoms with van der Waals surface area (Å²) in [6.45, 7) is 0.781. The van der Waals surface area contributed by atoms with Gasteiger partial charge in [-0.25, -0.2) is 4.39 Å². The molecule has 0 amide bonds. The largest absolute Gasteiger partial charge is 0.415 e. The summed E-state index contributed by atoms with van der Waals surface area (Å²) in [6, 6.07) is 1.55. The fourth-order valence-corrected chi connectivity index (χ4v) is 1.93. The Labute approximate surface area is 117 Å². The lowest BCUT2D eigenvalue weighted by molar-refractivity contribution is -0.202. The number of alkyl halides is 3. The number of benzene rings is 1. The average molecular weight is 320 g/mol. The minimum atomic E-state index is -4.71. The molecule has 2 atom stereocenters. The second-order valence-electron chi connectivity index (χ2n) is 3.98. The van der Waals surface area contributed by atoms with Crippen molar-refractivity contribution in [1.82, 2.24) is 5.32 Å². The molecular weight excluding hydrogens is 309 g/mol. The van der Waals surface area contributed by atoms with Gasteiger partial charge in [0.15, 0.2) is 6.10 Å². The number of halogens is 6. The maximum atomic E-state index is 13.3. The molecule has 0 aromatic heterocycles. The van der Waals surface area contributed by atoms with E-state index in [1.165, 1.54) is 13.0 Å². The van der Waals surface area contributed by atoms with Gasteiger partial charge in [-0.15, -0.1) is 0 Å². The van der Waals surface area contributed by atoms with Crippen molar-refractivity contribution in [3.05, 3.63) is 33.6 Å². The molecule has 19 heavy (non-hydrogen) atoms. The highest BCUT2D eigenvalue weighted by Crippen LogP contribution is 2.29. The number of aliphatic hydroxyl groups is 1. The van der Waals surface area contributed by atoms with Crippen LogP contribution in [0, 0.1) is 5.82 Å². The van der Waals surface area contributed by atoms with E-state index in [-0.39, 0.29) is 15.6 Å². The molecule has 1 aromatic rings. The van der Waals surface area contributed by atoms with Gasteiger partial charge in [-0.05, 0) is 24.6 Å². The van der Waals surface area contributed by atoms with Gasteiger partial charge >= 0.3 is 6.18 Å². The molecule has 0 spiro atoms. The Bertz CT molecular complexity index is 453. The average Bonchev–Trinajstić information content (AvgIpc) is 2.29. The Kier molecular flexibility index (Phi) is 5.43. The van der Waals surface area contributed by atoms with E-state index in [0.29, 0.717) is 0 Å². The van der Waals surface area contributed by atoms with Crippen molar-refractivity contribution in [1.29, 1.82) is 0 Å². The summed E-state index contributed by atoms with van der Waals surface area (Å²) in [5.41, 5.74) is 0.262. The molecule has 0 aliphatic heterocycles. The third-order valence-corrected chi connectivity index (χ3v) is 3.12. The molecule has 1 aromatic carbocycles. The van der Waals surface area contributed by atoms with E-state index in [9.17, 15) is 17.6 Å². The SMILES string of the molecule is CC(NCC(O)C(F)(F)F)c1cc(F)c(Cl)cc1Cl. The van der Waals surface area contributed by atoms with Crippen LogP contribution in [0.15, 0.2) is 12.1 Å². The molecule has 0 fully saturated rings. The molecular formula is C11H11Cl2F4NO. The van der Waals surface area contributed by atoms with Crippen LogP contribution in [-0.4, -0.2) is 23.9 Å². The van der Waals surface area contributed by atoms with Gasteiger partial charge in [0.2, 0.25) is 0 Å². The number of nitrogens with one attached hydrogen (secondary N) is 1. The maximum absolute atomic E-state index is 13.3. The topological polar surface area (TPSA) is 32.3 Å². The van der Waals surface area contributed by atoms with Gasteiger partial charge in [-0.1, -0.05) is 23.2 Å². The van der Waals surface area contributed by atoms with Crippen molar-refractivity contribution in [3.8, 4) is 0 Å². The standard InChI is InChI=1S/C11H11Cl2F4NO/c1-5(18-4-10(19)11(15,16)17)6-2-9(14)8(13)3-7(6)12/h2-3,5,10,18-19H,4H2,1H3. The number of hydrogen-bond donors (Lipinski definition) is 2. The van der Waals surface area contributed by atoms with E-state index >= 15 is 0 Å². The molecule has 0 aliphatic carbocycles. The summed E-state index contributed by atoms with van der Waals surface area (Å²) in [5, 5.41) is 11.2. The third-order valence-electron chi connectivity index (χ3n) is 2.50. The molecule has 0 aliphatic rings. The van der Waals surface area contributed by atoms with Crippen LogP contribution in [0.2, 0.25) is 10.0 Å². The van der Waals surface area contributed by atoms with Crippen molar-refractivity contribution in [2.75, 3.05) is 6.54 Å². The Morgan fingerprint density at radius 1 is 1.26 bits per heavy atom. The molecule has 1 rings (SSSR count). The Morgan fingerprint density at radius 2 is 1.84 bits per heavy atom. The summed E-state index contributed by atoms with van der Waals surface area (Å²) in [6.07, 6.45) is -7.20. The van der Waals surface area contributed by atoms with Crippen LogP contribution in [0.1, 0.15) is 18.5 Å². The smallest absolute Gasteiger partial charge is 0.382 e. The van der Waals surface area contributed by atoms with Gasteiger partial charge < -0.3 is 10.4 Å². The van der Waals surface area contributed by atoms with E-state index < -0.39 is 30.7 Å². The first-order valence-electron chi connectivity index (χ1n) is 5.25. The lowest BCUT2D eigenvalue weighted by Crippen LogP contribution is -2.39. The van der Waals surface area contributed by atoms with Crippen LogP contribution < -0.4 is 5.32 Å². The first kappa shape index (κ1) is 16.5. The Balaban J connectivity index is 2.74. The molecule has 2 unspecified atom stereocenters. The van der Waals surface area contributed by atoms with Gasteiger partial charge in [0.1, 0.15) is 5.82 Å². The van der Waals surface area contributed by atoms with Gasteiger partial charge in [-0.3, -0.25) is 0 Å². The summed E-state index contributed by atoms with van der Waals surface area (Å²) >= 11 is 11.3. The first-order valence-corrected chi connectivity index (χ1v) is 6.01. The van der Waals surface area contributed by atoms with Crippen LogP contribution >= 0.6 is 23.2 Å². The quantitative estimate of drug-likeness (QED) is 0.655. The van der Waals surface area contributed by atoms with Crippen molar-refractivity contribution in [2.24, 2.45) is 0 Å². The monoisotopic (exact) mass is 319 g/mol. The molecule has 0 bridgehead atoms. The molecule has 0 saturated carbocycles. The van der Waals surface area contributed by atoms with Crippen molar-refractivity contribution in [3.63, 3.8) is 0 Å². The van der Waals surface area contributed by atoms with Gasteiger partial charge in [0, 0.05) is 17.6 Å².